The molecular formula is C18H15NO3. The molecular weight excluding hydrogens is 278 g/mol. The number of hydrogen-bond donors (Lipinski definition) is 0. The summed E-state index contributed by atoms with van der Waals surface area (Å²) in [6.45, 7) is 1.91. The van der Waals surface area contributed by atoms with Crippen molar-refractivity contribution in [2.75, 3.05) is 7.11 Å². The molecule has 0 spiro atoms. The van der Waals surface area contributed by atoms with Gasteiger partial charge in [-0.1, -0.05) is 23.8 Å². The third kappa shape index (κ3) is 3.74. The Morgan fingerprint density at radius 2 is 2.00 bits per heavy atom. The summed E-state index contributed by atoms with van der Waals surface area (Å²) in [6, 6.07) is 14.2. The Balaban J connectivity index is 2.24. The number of aryl methyl sites for hydroxylation is 1. The molecule has 0 unspecified atom stereocenters. The molecule has 0 aliphatic carbocycles. The summed E-state index contributed by atoms with van der Waals surface area (Å²) >= 11 is 0. The summed E-state index contributed by atoms with van der Waals surface area (Å²) in [5, 5.41) is 8.54. The van der Waals surface area contributed by atoms with Gasteiger partial charge in [-0.15, -0.1) is 0 Å². The van der Waals surface area contributed by atoms with Gasteiger partial charge in [-0.25, -0.2) is 4.79 Å². The van der Waals surface area contributed by atoms with Gasteiger partial charge in [0.05, 0.1) is 18.7 Å². The van der Waals surface area contributed by atoms with Crippen LogP contribution in [0, 0.1) is 18.3 Å². The summed E-state index contributed by atoms with van der Waals surface area (Å²) < 4.78 is 10.6. The lowest BCUT2D eigenvalue weighted by Crippen LogP contribution is -2.09. The molecule has 0 heterocycles. The number of rotatable bonds is 4. The second-order valence-electron chi connectivity index (χ2n) is 4.63. The van der Waals surface area contributed by atoms with Crippen molar-refractivity contribution >= 4 is 12.0 Å². The molecule has 4 nitrogen and oxygen atoms in total. The number of allylic oxidation sites excluding steroid dienone is 1. The molecule has 0 saturated heterocycles. The lowest BCUT2D eigenvalue weighted by molar-refractivity contribution is 0.0729. The number of nitriles is 1. The Morgan fingerprint density at radius 1 is 1.18 bits per heavy atom. The predicted octanol–water partition coefficient (Wildman–Crippen LogP) is 3.76. The zero-order valence-electron chi connectivity index (χ0n) is 12.4. The molecule has 0 amide bonds. The van der Waals surface area contributed by atoms with E-state index in [-0.39, 0.29) is 0 Å². The number of carbonyl (C=O) groups excluding carboxylic acids is 1. The number of benzene rings is 2. The standard InChI is InChI=1S/C18H15NO3/c1-13-5-3-7-15(11-13)18(20)22-16-9-8-14(6-4-10-19)12-17(16)21-2/h3-9,11-12H,1-2H3/b6-4-. The van der Waals surface area contributed by atoms with E-state index in [0.29, 0.717) is 17.1 Å². The second kappa shape index (κ2) is 7.09. The molecule has 2 aromatic carbocycles. The van der Waals surface area contributed by atoms with Crippen LogP contribution in [0.3, 0.4) is 0 Å². The summed E-state index contributed by atoms with van der Waals surface area (Å²) in [4.78, 5) is 12.2. The van der Waals surface area contributed by atoms with E-state index >= 15 is 0 Å². The van der Waals surface area contributed by atoms with Crippen LogP contribution in [0.4, 0.5) is 0 Å². The van der Waals surface area contributed by atoms with E-state index in [0.717, 1.165) is 11.1 Å². The minimum atomic E-state index is -0.442. The largest absolute Gasteiger partial charge is 0.493 e. The van der Waals surface area contributed by atoms with Crippen molar-refractivity contribution in [2.45, 2.75) is 6.92 Å². The van der Waals surface area contributed by atoms with Gasteiger partial charge in [-0.3, -0.25) is 0 Å². The van der Waals surface area contributed by atoms with E-state index in [1.807, 2.05) is 19.1 Å². The summed E-state index contributed by atoms with van der Waals surface area (Å²) in [7, 11) is 1.50. The molecule has 0 saturated carbocycles. The van der Waals surface area contributed by atoms with Crippen LogP contribution in [0.25, 0.3) is 6.08 Å². The SMILES string of the molecule is COc1cc(/C=C\C#N)ccc1OC(=O)c1cccc(C)c1. The fraction of sp³-hybridized carbons (Fsp3) is 0.111. The Morgan fingerprint density at radius 3 is 2.68 bits per heavy atom. The van der Waals surface area contributed by atoms with E-state index < -0.39 is 5.97 Å². The molecule has 2 aromatic rings. The minimum Gasteiger partial charge on any atom is -0.493 e. The van der Waals surface area contributed by atoms with Gasteiger partial charge in [-0.2, -0.15) is 5.26 Å². The lowest BCUT2D eigenvalue weighted by Gasteiger charge is -2.10. The van der Waals surface area contributed by atoms with Gasteiger partial charge in [0.25, 0.3) is 0 Å². The van der Waals surface area contributed by atoms with Crippen LogP contribution in [0.5, 0.6) is 11.5 Å². The van der Waals surface area contributed by atoms with Crippen molar-refractivity contribution in [2.24, 2.45) is 0 Å². The first-order chi connectivity index (χ1) is 10.6. The van der Waals surface area contributed by atoms with Crippen LogP contribution in [-0.2, 0) is 0 Å². The van der Waals surface area contributed by atoms with E-state index in [1.165, 1.54) is 13.2 Å². The van der Waals surface area contributed by atoms with Crippen molar-refractivity contribution in [1.82, 2.24) is 0 Å². The molecule has 4 heteroatoms. The Bertz CT molecular complexity index is 757. The third-order valence-corrected chi connectivity index (χ3v) is 2.99. The normalized spacial score (nSPS) is 10.2. The number of hydrogen-bond acceptors (Lipinski definition) is 4. The molecule has 0 fully saturated rings. The first-order valence-corrected chi connectivity index (χ1v) is 6.67. The highest BCUT2D eigenvalue weighted by Gasteiger charge is 2.12. The van der Waals surface area contributed by atoms with Crippen LogP contribution >= 0.6 is 0 Å². The van der Waals surface area contributed by atoms with Gasteiger partial charge in [0.1, 0.15) is 0 Å². The predicted molar refractivity (Wildman–Crippen MR) is 83.8 cm³/mol. The second-order valence-corrected chi connectivity index (χ2v) is 4.63. The Hall–Kier alpha value is -3.06. The molecule has 0 aliphatic rings. The fourth-order valence-electron chi connectivity index (χ4n) is 1.94. The molecule has 0 aliphatic heterocycles. The zero-order chi connectivity index (χ0) is 15.9. The highest BCUT2D eigenvalue weighted by Crippen LogP contribution is 2.29. The molecule has 0 N–H and O–H groups in total. The van der Waals surface area contributed by atoms with Crippen LogP contribution in [0.2, 0.25) is 0 Å². The first-order valence-electron chi connectivity index (χ1n) is 6.67. The highest BCUT2D eigenvalue weighted by atomic mass is 16.6. The van der Waals surface area contributed by atoms with Crippen LogP contribution in [0.1, 0.15) is 21.5 Å². The fourth-order valence-corrected chi connectivity index (χ4v) is 1.94. The lowest BCUT2D eigenvalue weighted by atomic mass is 10.1. The van der Waals surface area contributed by atoms with Crippen LogP contribution < -0.4 is 9.47 Å². The molecule has 0 atom stereocenters. The van der Waals surface area contributed by atoms with E-state index in [4.69, 9.17) is 14.7 Å². The van der Waals surface area contributed by atoms with Crippen molar-refractivity contribution in [3.8, 4) is 17.6 Å². The van der Waals surface area contributed by atoms with E-state index in [1.54, 1.807) is 42.5 Å². The van der Waals surface area contributed by atoms with Gasteiger partial charge >= 0.3 is 5.97 Å². The molecule has 0 aromatic heterocycles. The highest BCUT2D eigenvalue weighted by molar-refractivity contribution is 5.91. The quantitative estimate of drug-likeness (QED) is 0.489. The summed E-state index contributed by atoms with van der Waals surface area (Å²) in [5.74, 6) is 0.325. The number of carbonyl (C=O) groups is 1. The van der Waals surface area contributed by atoms with Crippen molar-refractivity contribution in [3.63, 3.8) is 0 Å². The number of nitrogens with zero attached hydrogens (tertiary/aromatic N) is 1. The Labute approximate surface area is 129 Å². The Kier molecular flexibility index (Phi) is 4.94. The minimum absolute atomic E-state index is 0.336. The van der Waals surface area contributed by atoms with E-state index in [2.05, 4.69) is 0 Å². The van der Waals surface area contributed by atoms with Crippen LogP contribution in [-0.4, -0.2) is 13.1 Å². The summed E-state index contributed by atoms with van der Waals surface area (Å²) in [6.07, 6.45) is 3.02. The van der Waals surface area contributed by atoms with Gasteiger partial charge < -0.3 is 9.47 Å². The maximum absolute atomic E-state index is 12.2. The third-order valence-electron chi connectivity index (χ3n) is 2.99. The molecule has 110 valence electrons. The average molecular weight is 293 g/mol. The number of ether oxygens (including phenoxy) is 2. The van der Waals surface area contributed by atoms with Crippen molar-refractivity contribution < 1.29 is 14.3 Å². The summed E-state index contributed by atoms with van der Waals surface area (Å²) in [5.41, 5.74) is 2.25. The zero-order valence-corrected chi connectivity index (χ0v) is 12.4. The maximum atomic E-state index is 12.2. The maximum Gasteiger partial charge on any atom is 0.343 e. The van der Waals surface area contributed by atoms with E-state index in [9.17, 15) is 4.79 Å². The first kappa shape index (κ1) is 15.3. The van der Waals surface area contributed by atoms with Gasteiger partial charge in [0.15, 0.2) is 11.5 Å². The van der Waals surface area contributed by atoms with Gasteiger partial charge in [-0.05, 0) is 42.8 Å². The number of esters is 1. The molecule has 0 bridgehead atoms. The molecule has 22 heavy (non-hydrogen) atoms. The van der Waals surface area contributed by atoms with Crippen molar-refractivity contribution in [1.29, 1.82) is 5.26 Å². The smallest absolute Gasteiger partial charge is 0.343 e. The molecule has 2 rings (SSSR count). The topological polar surface area (TPSA) is 59.3 Å². The van der Waals surface area contributed by atoms with Gasteiger partial charge in [0, 0.05) is 6.08 Å². The van der Waals surface area contributed by atoms with Gasteiger partial charge in [0.2, 0.25) is 0 Å². The monoisotopic (exact) mass is 293 g/mol. The van der Waals surface area contributed by atoms with Crippen molar-refractivity contribution in [3.05, 3.63) is 65.2 Å². The van der Waals surface area contributed by atoms with Crippen LogP contribution in [0.15, 0.2) is 48.5 Å². The molecule has 0 radical (unpaired) electrons. The number of methoxy groups -OCH3 is 1. The average Bonchev–Trinajstić information content (AvgIpc) is 2.53.